The third-order valence-corrected chi connectivity index (χ3v) is 3.19. The van der Waals surface area contributed by atoms with Gasteiger partial charge in [-0.1, -0.05) is 0 Å². The van der Waals surface area contributed by atoms with Crippen molar-refractivity contribution in [3.8, 4) is 0 Å². The summed E-state index contributed by atoms with van der Waals surface area (Å²) in [6.45, 7) is 1.41. The summed E-state index contributed by atoms with van der Waals surface area (Å²) in [5.41, 5.74) is 0.307. The predicted octanol–water partition coefficient (Wildman–Crippen LogP) is 2.52. The van der Waals surface area contributed by atoms with Gasteiger partial charge in [-0.3, -0.25) is 0 Å². The highest BCUT2D eigenvalue weighted by molar-refractivity contribution is 9.10. The van der Waals surface area contributed by atoms with Gasteiger partial charge in [0.05, 0.1) is 6.10 Å². The monoisotopic (exact) mass is 287 g/mol. The van der Waals surface area contributed by atoms with E-state index >= 15 is 0 Å². The third-order valence-electron chi connectivity index (χ3n) is 2.76. The van der Waals surface area contributed by atoms with Gasteiger partial charge in [-0.25, -0.2) is 4.79 Å². The van der Waals surface area contributed by atoms with Crippen LogP contribution in [-0.4, -0.2) is 28.4 Å². The van der Waals surface area contributed by atoms with Gasteiger partial charge in [0.1, 0.15) is 5.69 Å². The van der Waals surface area contributed by atoms with Crippen molar-refractivity contribution in [1.82, 2.24) is 4.57 Å². The van der Waals surface area contributed by atoms with E-state index in [0.717, 1.165) is 30.3 Å². The smallest absolute Gasteiger partial charge is 0.352 e. The average Bonchev–Trinajstić information content (AvgIpc) is 2.61. The summed E-state index contributed by atoms with van der Waals surface area (Å²) in [6, 6.07) is 1.62. The van der Waals surface area contributed by atoms with E-state index < -0.39 is 5.97 Å². The quantitative estimate of drug-likeness (QED) is 0.929. The van der Waals surface area contributed by atoms with Crippen LogP contribution in [0.2, 0.25) is 0 Å². The number of rotatable bonds is 3. The molecule has 0 spiro atoms. The fourth-order valence-corrected chi connectivity index (χ4v) is 2.44. The second-order valence-electron chi connectivity index (χ2n) is 3.99. The minimum atomic E-state index is -0.901. The van der Waals surface area contributed by atoms with Crippen LogP contribution in [0.1, 0.15) is 29.8 Å². The van der Waals surface area contributed by atoms with Gasteiger partial charge in [-0.05, 0) is 41.3 Å². The van der Waals surface area contributed by atoms with E-state index in [4.69, 9.17) is 9.84 Å². The molecule has 1 atom stereocenters. The number of aromatic carboxylic acids is 1. The summed E-state index contributed by atoms with van der Waals surface area (Å²) in [4.78, 5) is 11.0. The normalized spacial score (nSPS) is 20.9. The average molecular weight is 288 g/mol. The predicted molar refractivity (Wildman–Crippen MR) is 62.7 cm³/mol. The molecule has 2 heterocycles. The Morgan fingerprint density at radius 1 is 1.62 bits per heavy atom. The second-order valence-corrected chi connectivity index (χ2v) is 4.91. The van der Waals surface area contributed by atoms with Crippen LogP contribution in [0, 0.1) is 0 Å². The van der Waals surface area contributed by atoms with E-state index in [1.165, 1.54) is 0 Å². The molecule has 0 aromatic carbocycles. The lowest BCUT2D eigenvalue weighted by Crippen LogP contribution is -2.25. The van der Waals surface area contributed by atoms with Crippen LogP contribution in [0.3, 0.4) is 0 Å². The standard InChI is InChI=1S/C11H14BrNO3/c12-8-5-10(11(14)15)13(6-8)7-9-3-1-2-4-16-9/h5-6,9H,1-4,7H2,(H,14,15). The molecule has 0 amide bonds. The molecule has 1 saturated heterocycles. The molecule has 5 heteroatoms. The fourth-order valence-electron chi connectivity index (χ4n) is 1.98. The van der Waals surface area contributed by atoms with Gasteiger partial charge in [0.15, 0.2) is 0 Å². The highest BCUT2D eigenvalue weighted by atomic mass is 79.9. The number of hydrogen-bond acceptors (Lipinski definition) is 2. The lowest BCUT2D eigenvalue weighted by Gasteiger charge is -2.23. The van der Waals surface area contributed by atoms with Crippen molar-refractivity contribution in [2.24, 2.45) is 0 Å². The van der Waals surface area contributed by atoms with Gasteiger partial charge in [0.2, 0.25) is 0 Å². The van der Waals surface area contributed by atoms with Gasteiger partial charge in [0, 0.05) is 23.8 Å². The number of carbonyl (C=O) groups is 1. The zero-order chi connectivity index (χ0) is 11.5. The highest BCUT2D eigenvalue weighted by Gasteiger charge is 2.18. The molecule has 1 N–H and O–H groups in total. The fraction of sp³-hybridized carbons (Fsp3) is 0.545. The maximum atomic E-state index is 11.0. The molecule has 1 aliphatic rings. The van der Waals surface area contributed by atoms with E-state index in [1.807, 2.05) is 0 Å². The molecule has 1 aliphatic heterocycles. The highest BCUT2D eigenvalue weighted by Crippen LogP contribution is 2.19. The van der Waals surface area contributed by atoms with Crippen molar-refractivity contribution in [3.05, 3.63) is 22.4 Å². The number of halogens is 1. The molecule has 2 rings (SSSR count). The summed E-state index contributed by atoms with van der Waals surface area (Å²) >= 11 is 3.29. The molecule has 88 valence electrons. The van der Waals surface area contributed by atoms with Crippen LogP contribution in [-0.2, 0) is 11.3 Å². The zero-order valence-electron chi connectivity index (χ0n) is 8.86. The van der Waals surface area contributed by atoms with Crippen molar-refractivity contribution >= 4 is 21.9 Å². The van der Waals surface area contributed by atoms with Gasteiger partial charge in [0.25, 0.3) is 0 Å². The molecule has 1 fully saturated rings. The van der Waals surface area contributed by atoms with Gasteiger partial charge in [-0.15, -0.1) is 0 Å². The lowest BCUT2D eigenvalue weighted by atomic mass is 10.1. The van der Waals surface area contributed by atoms with Crippen molar-refractivity contribution in [2.75, 3.05) is 6.61 Å². The molecular weight excluding hydrogens is 274 g/mol. The van der Waals surface area contributed by atoms with Crippen LogP contribution >= 0.6 is 15.9 Å². The molecule has 0 saturated carbocycles. The number of nitrogens with zero attached hydrogens (tertiary/aromatic N) is 1. The van der Waals surface area contributed by atoms with Gasteiger partial charge in [-0.2, -0.15) is 0 Å². The first-order valence-electron chi connectivity index (χ1n) is 5.37. The number of ether oxygens (including phenoxy) is 1. The molecule has 0 radical (unpaired) electrons. The summed E-state index contributed by atoms with van der Waals surface area (Å²) in [6.07, 6.45) is 5.22. The Bertz CT molecular complexity index is 383. The Hall–Kier alpha value is -0.810. The topological polar surface area (TPSA) is 51.5 Å². The molecule has 4 nitrogen and oxygen atoms in total. The molecule has 1 unspecified atom stereocenters. The minimum Gasteiger partial charge on any atom is -0.477 e. The maximum Gasteiger partial charge on any atom is 0.352 e. The van der Waals surface area contributed by atoms with E-state index in [1.54, 1.807) is 16.8 Å². The molecule has 0 bridgehead atoms. The number of hydrogen-bond donors (Lipinski definition) is 1. The lowest BCUT2D eigenvalue weighted by molar-refractivity contribution is 0.00544. The Labute approximate surface area is 102 Å². The molecule has 1 aromatic heterocycles. The van der Waals surface area contributed by atoms with Crippen molar-refractivity contribution in [1.29, 1.82) is 0 Å². The Balaban J connectivity index is 2.10. The first kappa shape index (κ1) is 11.7. The first-order chi connectivity index (χ1) is 7.66. The van der Waals surface area contributed by atoms with E-state index in [-0.39, 0.29) is 6.10 Å². The van der Waals surface area contributed by atoms with E-state index in [0.29, 0.717) is 12.2 Å². The minimum absolute atomic E-state index is 0.145. The van der Waals surface area contributed by atoms with Crippen LogP contribution in [0.4, 0.5) is 0 Å². The molecule has 1 aromatic rings. The van der Waals surface area contributed by atoms with Gasteiger partial charge >= 0.3 is 5.97 Å². The largest absolute Gasteiger partial charge is 0.477 e. The van der Waals surface area contributed by atoms with E-state index in [9.17, 15) is 4.79 Å². The summed E-state index contributed by atoms with van der Waals surface area (Å²) in [5, 5.41) is 9.03. The van der Waals surface area contributed by atoms with Gasteiger partial charge < -0.3 is 14.4 Å². The zero-order valence-corrected chi connectivity index (χ0v) is 10.4. The van der Waals surface area contributed by atoms with E-state index in [2.05, 4.69) is 15.9 Å². The van der Waals surface area contributed by atoms with Crippen LogP contribution in [0.25, 0.3) is 0 Å². The molecule has 16 heavy (non-hydrogen) atoms. The number of carboxylic acids is 1. The Morgan fingerprint density at radius 3 is 3.06 bits per heavy atom. The maximum absolute atomic E-state index is 11.0. The number of aromatic nitrogens is 1. The second kappa shape index (κ2) is 5.01. The third kappa shape index (κ3) is 2.65. The SMILES string of the molecule is O=C(O)c1cc(Br)cn1CC1CCCCO1. The van der Waals surface area contributed by atoms with Crippen molar-refractivity contribution in [3.63, 3.8) is 0 Å². The molecule has 0 aliphatic carbocycles. The first-order valence-corrected chi connectivity index (χ1v) is 6.16. The summed E-state index contributed by atoms with van der Waals surface area (Å²) < 4.78 is 8.13. The van der Waals surface area contributed by atoms with Crippen LogP contribution in [0.5, 0.6) is 0 Å². The van der Waals surface area contributed by atoms with Crippen LogP contribution < -0.4 is 0 Å². The van der Waals surface area contributed by atoms with Crippen LogP contribution in [0.15, 0.2) is 16.7 Å². The van der Waals surface area contributed by atoms with Crippen molar-refractivity contribution < 1.29 is 14.6 Å². The number of carboxylic acid groups (broad SMARTS) is 1. The summed E-state index contributed by atoms with van der Waals surface area (Å²) in [5.74, 6) is -0.901. The molecular formula is C11H14BrNO3. The Kier molecular flexibility index (Phi) is 3.66. The summed E-state index contributed by atoms with van der Waals surface area (Å²) in [7, 11) is 0. The van der Waals surface area contributed by atoms with Crippen molar-refractivity contribution in [2.45, 2.75) is 31.9 Å². The Morgan fingerprint density at radius 2 is 2.44 bits per heavy atom.